The smallest absolute Gasteiger partial charge is 0.147 e. The van der Waals surface area contributed by atoms with Gasteiger partial charge in [0.2, 0.25) is 0 Å². The van der Waals surface area contributed by atoms with Crippen LogP contribution < -0.4 is 0 Å². The lowest BCUT2D eigenvalue weighted by atomic mass is 9.88. The Kier molecular flexibility index (Phi) is 4.64. The molecular formula is C32H26N2OS. The van der Waals surface area contributed by atoms with Gasteiger partial charge in [0, 0.05) is 37.9 Å². The molecule has 0 saturated carbocycles. The van der Waals surface area contributed by atoms with Gasteiger partial charge in [-0.1, -0.05) is 63.2 Å². The number of imidazole rings is 1. The number of thiophene rings is 1. The molecule has 0 unspecified atom stereocenters. The molecule has 0 spiro atoms. The molecule has 0 radical (unpaired) electrons. The van der Waals surface area contributed by atoms with Crippen molar-refractivity contribution in [3.63, 3.8) is 0 Å². The second-order valence-electron chi connectivity index (χ2n) is 10.8. The molecule has 0 aliphatic rings. The van der Waals surface area contributed by atoms with Crippen molar-refractivity contribution >= 4 is 54.4 Å². The number of aromatic nitrogens is 2. The maximum atomic E-state index is 6.23. The van der Waals surface area contributed by atoms with Gasteiger partial charge in [0.15, 0.2) is 0 Å². The number of fused-ring (bicyclic) bond motifs is 5. The van der Waals surface area contributed by atoms with E-state index in [1.165, 1.54) is 21.2 Å². The topological polar surface area (TPSA) is 31.0 Å². The van der Waals surface area contributed by atoms with E-state index < -0.39 is 0 Å². The van der Waals surface area contributed by atoms with Crippen LogP contribution >= 0.6 is 11.3 Å². The van der Waals surface area contributed by atoms with Gasteiger partial charge < -0.3 is 4.42 Å². The van der Waals surface area contributed by atoms with Gasteiger partial charge >= 0.3 is 0 Å². The monoisotopic (exact) mass is 486 g/mol. The van der Waals surface area contributed by atoms with E-state index in [1.807, 2.05) is 12.1 Å². The second-order valence-corrected chi connectivity index (χ2v) is 11.7. The van der Waals surface area contributed by atoms with Crippen molar-refractivity contribution in [2.45, 2.75) is 27.2 Å². The lowest BCUT2D eigenvalue weighted by Gasteiger charge is -2.18. The lowest BCUT2D eigenvalue weighted by molar-refractivity contribution is 0.411. The summed E-state index contributed by atoms with van der Waals surface area (Å²) in [6, 6.07) is 30.0. The maximum absolute atomic E-state index is 6.23. The van der Waals surface area contributed by atoms with Crippen LogP contribution in [0.1, 0.15) is 26.3 Å². The zero-order valence-electron chi connectivity index (χ0n) is 20.6. The normalized spacial score (nSPS) is 12.4. The standard InChI is InChI=1S/C32H26N2OS/c1-32(2,3)18-20-12-14-24-25(19-36-30(24)16-20)31-33-26-9-5-6-10-27(26)34(31)21-13-15-23-22-8-4-7-11-28(22)35-29(23)17-21/h4-17,19H,18H2,1-3H3. The Balaban J connectivity index is 1.44. The molecule has 3 nitrogen and oxygen atoms in total. The van der Waals surface area contributed by atoms with E-state index in [9.17, 15) is 0 Å². The van der Waals surface area contributed by atoms with Crippen molar-refractivity contribution in [1.29, 1.82) is 0 Å². The van der Waals surface area contributed by atoms with Gasteiger partial charge in [-0.3, -0.25) is 4.57 Å². The van der Waals surface area contributed by atoms with Gasteiger partial charge in [0.1, 0.15) is 17.0 Å². The number of rotatable bonds is 3. The molecule has 0 fully saturated rings. The van der Waals surface area contributed by atoms with E-state index in [2.05, 4.69) is 104 Å². The first-order valence-electron chi connectivity index (χ1n) is 12.3. The minimum atomic E-state index is 0.261. The highest BCUT2D eigenvalue weighted by Crippen LogP contribution is 2.39. The van der Waals surface area contributed by atoms with Gasteiger partial charge in [-0.2, -0.15) is 0 Å². The van der Waals surface area contributed by atoms with Crippen LogP contribution in [0, 0.1) is 5.41 Å². The van der Waals surface area contributed by atoms with E-state index in [1.54, 1.807) is 11.3 Å². The van der Waals surface area contributed by atoms with Gasteiger partial charge in [-0.15, -0.1) is 11.3 Å². The second kappa shape index (κ2) is 7.81. The zero-order valence-corrected chi connectivity index (χ0v) is 21.4. The Morgan fingerprint density at radius 1 is 0.806 bits per heavy atom. The Bertz CT molecular complexity index is 1910. The van der Waals surface area contributed by atoms with Crippen LogP contribution in [0.5, 0.6) is 0 Å². The predicted molar refractivity (Wildman–Crippen MR) is 152 cm³/mol. The summed E-state index contributed by atoms with van der Waals surface area (Å²) >= 11 is 1.80. The molecule has 36 heavy (non-hydrogen) atoms. The summed E-state index contributed by atoms with van der Waals surface area (Å²) in [6.07, 6.45) is 1.06. The molecule has 0 aliphatic heterocycles. The summed E-state index contributed by atoms with van der Waals surface area (Å²) in [5, 5.41) is 5.78. The molecule has 0 saturated heterocycles. The number of hydrogen-bond donors (Lipinski definition) is 0. The maximum Gasteiger partial charge on any atom is 0.147 e. The Morgan fingerprint density at radius 2 is 1.58 bits per heavy atom. The molecule has 4 heteroatoms. The molecule has 0 atom stereocenters. The molecule has 7 rings (SSSR count). The van der Waals surface area contributed by atoms with Crippen molar-refractivity contribution in [2.75, 3.05) is 0 Å². The summed E-state index contributed by atoms with van der Waals surface area (Å²) < 4.78 is 9.80. The molecule has 3 aromatic heterocycles. The highest BCUT2D eigenvalue weighted by molar-refractivity contribution is 7.17. The summed E-state index contributed by atoms with van der Waals surface area (Å²) in [5.74, 6) is 0.960. The first-order chi connectivity index (χ1) is 17.4. The van der Waals surface area contributed by atoms with Crippen LogP contribution in [0.3, 0.4) is 0 Å². The van der Waals surface area contributed by atoms with Gasteiger partial charge in [0.05, 0.1) is 16.7 Å². The van der Waals surface area contributed by atoms with Crippen LogP contribution in [0.15, 0.2) is 94.7 Å². The van der Waals surface area contributed by atoms with Gasteiger partial charge in [0.25, 0.3) is 0 Å². The summed E-state index contributed by atoms with van der Waals surface area (Å²) in [6.45, 7) is 6.87. The number of nitrogens with zero attached hydrogens (tertiary/aromatic N) is 2. The van der Waals surface area contributed by atoms with E-state index in [-0.39, 0.29) is 5.41 Å². The summed E-state index contributed by atoms with van der Waals surface area (Å²) in [7, 11) is 0. The number of furan rings is 1. The van der Waals surface area contributed by atoms with Crippen LogP contribution in [-0.4, -0.2) is 9.55 Å². The number of para-hydroxylation sites is 3. The predicted octanol–water partition coefficient (Wildman–Crippen LogP) is 9.40. The molecule has 0 aliphatic carbocycles. The van der Waals surface area contributed by atoms with E-state index in [0.717, 1.165) is 50.9 Å². The first kappa shape index (κ1) is 21.4. The molecule has 7 aromatic rings. The number of benzene rings is 4. The van der Waals surface area contributed by atoms with Crippen molar-refractivity contribution < 1.29 is 4.42 Å². The molecule has 176 valence electrons. The molecule has 0 N–H and O–H groups in total. The quantitative estimate of drug-likeness (QED) is 0.249. The molecule has 3 heterocycles. The van der Waals surface area contributed by atoms with E-state index in [4.69, 9.17) is 9.40 Å². The third-order valence-corrected chi connectivity index (χ3v) is 7.74. The van der Waals surface area contributed by atoms with Gasteiger partial charge in [-0.25, -0.2) is 4.98 Å². The fraction of sp³-hybridized carbons (Fsp3) is 0.156. The van der Waals surface area contributed by atoms with Gasteiger partial charge in [-0.05, 0) is 53.8 Å². The van der Waals surface area contributed by atoms with Crippen LogP contribution in [0.2, 0.25) is 0 Å². The molecule has 0 amide bonds. The fourth-order valence-electron chi connectivity index (χ4n) is 5.29. The largest absolute Gasteiger partial charge is 0.456 e. The third kappa shape index (κ3) is 3.44. The Labute approximate surface area is 213 Å². The van der Waals surface area contributed by atoms with E-state index in [0.29, 0.717) is 0 Å². The van der Waals surface area contributed by atoms with Crippen LogP contribution in [0.4, 0.5) is 0 Å². The minimum Gasteiger partial charge on any atom is -0.456 e. The fourth-order valence-corrected chi connectivity index (χ4v) is 6.29. The molecule has 4 aromatic carbocycles. The molecular weight excluding hydrogens is 460 g/mol. The highest BCUT2D eigenvalue weighted by atomic mass is 32.1. The van der Waals surface area contributed by atoms with Crippen molar-refractivity contribution in [3.05, 3.63) is 95.9 Å². The Hall–Kier alpha value is -3.89. The summed E-state index contributed by atoms with van der Waals surface area (Å²) in [5.41, 5.74) is 7.73. The summed E-state index contributed by atoms with van der Waals surface area (Å²) in [4.78, 5) is 5.13. The third-order valence-electron chi connectivity index (χ3n) is 6.80. The van der Waals surface area contributed by atoms with Crippen molar-refractivity contribution in [3.8, 4) is 17.1 Å². The van der Waals surface area contributed by atoms with Crippen molar-refractivity contribution in [2.24, 2.45) is 5.41 Å². The van der Waals surface area contributed by atoms with E-state index >= 15 is 0 Å². The number of hydrogen-bond acceptors (Lipinski definition) is 3. The van der Waals surface area contributed by atoms with Crippen LogP contribution in [-0.2, 0) is 6.42 Å². The Morgan fingerprint density at radius 3 is 2.47 bits per heavy atom. The zero-order chi connectivity index (χ0) is 24.4. The average Bonchev–Trinajstić information content (AvgIpc) is 3.54. The van der Waals surface area contributed by atoms with Crippen LogP contribution in [0.25, 0.3) is 60.1 Å². The SMILES string of the molecule is CC(C)(C)Cc1ccc2c(-c3nc4ccccc4n3-c3ccc4c(c3)oc3ccccc34)csc2c1. The highest BCUT2D eigenvalue weighted by Gasteiger charge is 2.19. The van der Waals surface area contributed by atoms with Crippen molar-refractivity contribution in [1.82, 2.24) is 9.55 Å². The molecule has 0 bridgehead atoms. The average molecular weight is 487 g/mol. The minimum absolute atomic E-state index is 0.261. The lowest BCUT2D eigenvalue weighted by Crippen LogP contribution is -2.08. The first-order valence-corrected chi connectivity index (χ1v) is 13.2.